The van der Waals surface area contributed by atoms with Crippen molar-refractivity contribution in [3.63, 3.8) is 0 Å². The van der Waals surface area contributed by atoms with Crippen LogP contribution in [0.5, 0.6) is 5.75 Å². The van der Waals surface area contributed by atoms with Gasteiger partial charge in [0.2, 0.25) is 5.91 Å². The van der Waals surface area contributed by atoms with E-state index in [2.05, 4.69) is 41.4 Å². The lowest BCUT2D eigenvalue weighted by molar-refractivity contribution is -0.119. The van der Waals surface area contributed by atoms with Gasteiger partial charge in [0.05, 0.1) is 18.9 Å². The molecule has 1 heterocycles. The second-order valence-electron chi connectivity index (χ2n) is 7.92. The Morgan fingerprint density at radius 2 is 1.93 bits per heavy atom. The van der Waals surface area contributed by atoms with Gasteiger partial charge in [0.1, 0.15) is 5.75 Å². The number of methoxy groups -OCH3 is 1. The maximum absolute atomic E-state index is 12.3. The van der Waals surface area contributed by atoms with Gasteiger partial charge >= 0.3 is 0 Å². The molecule has 1 saturated heterocycles. The molecular weight excluding hydrogens is 380 g/mol. The number of benzene rings is 2. The molecule has 4 nitrogen and oxygen atoms in total. The van der Waals surface area contributed by atoms with Gasteiger partial charge in [0, 0.05) is 24.5 Å². The number of thioether (sulfide) groups is 1. The number of piperidine rings is 1. The van der Waals surface area contributed by atoms with E-state index in [0.29, 0.717) is 5.75 Å². The third-order valence-electron chi connectivity index (χ3n) is 5.45. The highest BCUT2D eigenvalue weighted by atomic mass is 32.2. The van der Waals surface area contributed by atoms with Crippen LogP contribution in [0.25, 0.3) is 0 Å². The number of hydrogen-bond donors (Lipinski definition) is 1. The fraction of sp³-hybridized carbons (Fsp3) is 0.458. The first-order valence-corrected chi connectivity index (χ1v) is 11.6. The highest BCUT2D eigenvalue weighted by molar-refractivity contribution is 7.99. The molecule has 2 aromatic carbocycles. The summed E-state index contributed by atoms with van der Waals surface area (Å²) in [6.45, 7) is 6.65. The minimum absolute atomic E-state index is 0.0124. The number of carbonyl (C=O) groups is 1. The molecule has 29 heavy (non-hydrogen) atoms. The van der Waals surface area contributed by atoms with E-state index in [0.717, 1.165) is 36.1 Å². The molecule has 1 aliphatic rings. The highest BCUT2D eigenvalue weighted by Gasteiger charge is 2.17. The SMILES string of the molecule is COc1ccc(CSCC(=O)N[C@H](C)c2ccc(N3CCC[C@@H](C)C3)cc2)cc1. The zero-order valence-electron chi connectivity index (χ0n) is 17.7. The minimum Gasteiger partial charge on any atom is -0.497 e. The monoisotopic (exact) mass is 412 g/mol. The summed E-state index contributed by atoms with van der Waals surface area (Å²) in [4.78, 5) is 14.8. The average molecular weight is 413 g/mol. The van der Waals surface area contributed by atoms with E-state index in [9.17, 15) is 4.79 Å². The van der Waals surface area contributed by atoms with Crippen LogP contribution in [0.3, 0.4) is 0 Å². The fourth-order valence-corrected chi connectivity index (χ4v) is 4.55. The van der Waals surface area contributed by atoms with Crippen LogP contribution >= 0.6 is 11.8 Å². The van der Waals surface area contributed by atoms with Crippen LogP contribution in [0.15, 0.2) is 48.5 Å². The quantitative estimate of drug-likeness (QED) is 0.659. The molecule has 0 unspecified atom stereocenters. The minimum atomic E-state index is 0.0124. The molecule has 0 aromatic heterocycles. The summed E-state index contributed by atoms with van der Waals surface area (Å²) in [6.07, 6.45) is 2.59. The zero-order chi connectivity index (χ0) is 20.6. The number of nitrogens with zero attached hydrogens (tertiary/aromatic N) is 1. The Hall–Kier alpha value is -2.14. The molecule has 2 atom stereocenters. The molecule has 0 aliphatic carbocycles. The van der Waals surface area contributed by atoms with Crippen molar-refractivity contribution < 1.29 is 9.53 Å². The standard InChI is InChI=1S/C24H32N2O2S/c1-18-5-4-14-26(15-18)22-10-8-21(9-11-22)19(2)25-24(27)17-29-16-20-6-12-23(28-3)13-7-20/h6-13,18-19H,4-5,14-17H2,1-3H3,(H,25,27)/t18-,19-/m1/s1. The van der Waals surface area contributed by atoms with Crippen molar-refractivity contribution in [3.05, 3.63) is 59.7 Å². The first-order valence-electron chi connectivity index (χ1n) is 10.4. The molecule has 3 rings (SSSR count). The molecular formula is C24H32N2O2S. The smallest absolute Gasteiger partial charge is 0.230 e. The molecule has 2 aromatic rings. The van der Waals surface area contributed by atoms with Crippen LogP contribution in [0.1, 0.15) is 43.9 Å². The van der Waals surface area contributed by atoms with E-state index in [1.54, 1.807) is 18.9 Å². The van der Waals surface area contributed by atoms with Gasteiger partial charge in [0.25, 0.3) is 0 Å². The van der Waals surface area contributed by atoms with E-state index in [4.69, 9.17) is 4.74 Å². The summed E-state index contributed by atoms with van der Waals surface area (Å²) < 4.78 is 5.17. The first kappa shape index (κ1) is 21.6. The van der Waals surface area contributed by atoms with Gasteiger partial charge in [0.15, 0.2) is 0 Å². The van der Waals surface area contributed by atoms with Gasteiger partial charge < -0.3 is 15.0 Å². The van der Waals surface area contributed by atoms with E-state index >= 15 is 0 Å². The number of anilines is 1. The second kappa shape index (κ2) is 10.6. The van der Waals surface area contributed by atoms with Crippen molar-refractivity contribution in [1.29, 1.82) is 0 Å². The van der Waals surface area contributed by atoms with Crippen LogP contribution in [0, 0.1) is 5.92 Å². The molecule has 0 radical (unpaired) electrons. The van der Waals surface area contributed by atoms with Gasteiger partial charge in [-0.05, 0) is 61.1 Å². The van der Waals surface area contributed by atoms with Crippen molar-refractivity contribution in [2.75, 3.05) is 30.9 Å². The molecule has 0 spiro atoms. The number of carbonyl (C=O) groups excluding carboxylic acids is 1. The Balaban J connectivity index is 1.43. The predicted molar refractivity (Wildman–Crippen MR) is 123 cm³/mol. The van der Waals surface area contributed by atoms with Crippen molar-refractivity contribution in [2.24, 2.45) is 5.92 Å². The normalized spacial score (nSPS) is 17.6. The lowest BCUT2D eigenvalue weighted by atomic mass is 9.99. The molecule has 1 amide bonds. The third-order valence-corrected chi connectivity index (χ3v) is 6.46. The van der Waals surface area contributed by atoms with Crippen LogP contribution < -0.4 is 15.0 Å². The Bertz CT molecular complexity index is 776. The van der Waals surface area contributed by atoms with Crippen LogP contribution in [0.2, 0.25) is 0 Å². The fourth-order valence-electron chi connectivity index (χ4n) is 3.75. The zero-order valence-corrected chi connectivity index (χ0v) is 18.5. The summed E-state index contributed by atoms with van der Waals surface area (Å²) >= 11 is 1.63. The molecule has 5 heteroatoms. The molecule has 1 aliphatic heterocycles. The summed E-state index contributed by atoms with van der Waals surface area (Å²) in [6, 6.07) is 16.7. The Labute approximate surface area is 179 Å². The van der Waals surface area contributed by atoms with E-state index < -0.39 is 0 Å². The van der Waals surface area contributed by atoms with Crippen molar-refractivity contribution >= 4 is 23.4 Å². The van der Waals surface area contributed by atoms with Gasteiger partial charge in [-0.2, -0.15) is 0 Å². The lowest BCUT2D eigenvalue weighted by Crippen LogP contribution is -2.34. The number of amides is 1. The molecule has 1 fully saturated rings. The topological polar surface area (TPSA) is 41.6 Å². The average Bonchev–Trinajstić information content (AvgIpc) is 2.74. The van der Waals surface area contributed by atoms with Gasteiger partial charge in [-0.3, -0.25) is 4.79 Å². The second-order valence-corrected chi connectivity index (χ2v) is 8.90. The lowest BCUT2D eigenvalue weighted by Gasteiger charge is -2.33. The van der Waals surface area contributed by atoms with Crippen LogP contribution in [-0.2, 0) is 10.5 Å². The summed E-state index contributed by atoms with van der Waals surface area (Å²) in [5.74, 6) is 2.96. The van der Waals surface area contributed by atoms with E-state index in [1.165, 1.54) is 24.1 Å². The van der Waals surface area contributed by atoms with Crippen molar-refractivity contribution in [3.8, 4) is 5.75 Å². The Morgan fingerprint density at radius 3 is 2.59 bits per heavy atom. The highest BCUT2D eigenvalue weighted by Crippen LogP contribution is 2.25. The summed E-state index contributed by atoms with van der Waals surface area (Å²) in [7, 11) is 1.66. The molecule has 0 saturated carbocycles. The number of ether oxygens (including phenoxy) is 1. The molecule has 1 N–H and O–H groups in total. The van der Waals surface area contributed by atoms with Crippen molar-refractivity contribution in [1.82, 2.24) is 5.32 Å². The van der Waals surface area contributed by atoms with E-state index in [-0.39, 0.29) is 11.9 Å². The van der Waals surface area contributed by atoms with Gasteiger partial charge in [-0.15, -0.1) is 11.8 Å². The largest absolute Gasteiger partial charge is 0.497 e. The maximum atomic E-state index is 12.3. The summed E-state index contributed by atoms with van der Waals surface area (Å²) in [5.41, 5.74) is 3.63. The Kier molecular flexibility index (Phi) is 7.87. The van der Waals surface area contributed by atoms with Crippen molar-refractivity contribution in [2.45, 2.75) is 38.5 Å². The third kappa shape index (κ3) is 6.43. The van der Waals surface area contributed by atoms with Crippen LogP contribution in [0.4, 0.5) is 5.69 Å². The predicted octanol–water partition coefficient (Wildman–Crippen LogP) is 5.04. The molecule has 0 bridgehead atoms. The van der Waals surface area contributed by atoms with Gasteiger partial charge in [-0.1, -0.05) is 31.2 Å². The molecule has 156 valence electrons. The summed E-state index contributed by atoms with van der Waals surface area (Å²) in [5, 5.41) is 3.11. The first-order chi connectivity index (χ1) is 14.0. The Morgan fingerprint density at radius 1 is 1.21 bits per heavy atom. The van der Waals surface area contributed by atoms with E-state index in [1.807, 2.05) is 31.2 Å². The number of rotatable bonds is 8. The number of nitrogens with one attached hydrogen (secondary N) is 1. The van der Waals surface area contributed by atoms with Crippen LogP contribution in [-0.4, -0.2) is 31.9 Å². The van der Waals surface area contributed by atoms with Gasteiger partial charge in [-0.25, -0.2) is 0 Å². The maximum Gasteiger partial charge on any atom is 0.230 e. The number of hydrogen-bond acceptors (Lipinski definition) is 4.